The lowest BCUT2D eigenvalue weighted by atomic mass is 10.2. The Morgan fingerprint density at radius 2 is 1.96 bits per heavy atom. The number of rotatable bonds is 6. The van der Waals surface area contributed by atoms with Crippen molar-refractivity contribution in [3.8, 4) is 5.75 Å². The number of hydrogen-bond donors (Lipinski definition) is 1. The summed E-state index contributed by atoms with van der Waals surface area (Å²) in [4.78, 5) is 25.5. The number of esters is 1. The largest absolute Gasteiger partial charge is 0.451 e. The van der Waals surface area contributed by atoms with Crippen molar-refractivity contribution >= 4 is 28.9 Å². The van der Waals surface area contributed by atoms with Crippen LogP contribution in [-0.2, 0) is 22.4 Å². The van der Waals surface area contributed by atoms with Gasteiger partial charge in [0, 0.05) is 10.6 Å². The van der Waals surface area contributed by atoms with Gasteiger partial charge in [-0.25, -0.2) is 4.79 Å². The summed E-state index contributed by atoms with van der Waals surface area (Å²) in [7, 11) is 0. The maximum absolute atomic E-state index is 12.1. The molecule has 0 atom stereocenters. The molecule has 1 aromatic heterocycles. The van der Waals surface area contributed by atoms with E-state index in [0.29, 0.717) is 10.6 Å². The van der Waals surface area contributed by atoms with Crippen LogP contribution in [0.2, 0.25) is 0 Å². The van der Waals surface area contributed by atoms with E-state index in [2.05, 4.69) is 10.1 Å². The molecule has 1 amide bonds. The van der Waals surface area contributed by atoms with Crippen molar-refractivity contribution in [3.05, 3.63) is 45.6 Å². The number of nitrogens with one attached hydrogen (secondary N) is 1. The van der Waals surface area contributed by atoms with Gasteiger partial charge in [0.15, 0.2) is 6.61 Å². The molecule has 0 saturated heterocycles. The number of alkyl halides is 2. The number of ether oxygens (including phenoxy) is 2. The third-order valence-electron chi connectivity index (χ3n) is 3.65. The van der Waals surface area contributed by atoms with Gasteiger partial charge in [0.05, 0.1) is 0 Å². The highest BCUT2D eigenvalue weighted by Gasteiger charge is 2.20. The van der Waals surface area contributed by atoms with Crippen LogP contribution in [0.1, 0.15) is 26.5 Å². The Kier molecular flexibility index (Phi) is 5.28. The van der Waals surface area contributed by atoms with Gasteiger partial charge >= 0.3 is 12.6 Å². The summed E-state index contributed by atoms with van der Waals surface area (Å²) in [5.41, 5.74) is 1.57. The van der Waals surface area contributed by atoms with E-state index in [1.54, 1.807) is 0 Å². The van der Waals surface area contributed by atoms with Crippen LogP contribution in [0.3, 0.4) is 0 Å². The smallest absolute Gasteiger partial charge is 0.387 e. The van der Waals surface area contributed by atoms with Crippen LogP contribution < -0.4 is 10.1 Å². The Morgan fingerprint density at radius 1 is 1.20 bits per heavy atom. The van der Waals surface area contributed by atoms with Crippen molar-refractivity contribution in [2.24, 2.45) is 0 Å². The molecule has 0 fully saturated rings. The predicted molar refractivity (Wildman–Crippen MR) is 88.3 cm³/mol. The fourth-order valence-corrected chi connectivity index (χ4v) is 3.70. The predicted octanol–water partition coefficient (Wildman–Crippen LogP) is 3.63. The van der Waals surface area contributed by atoms with Crippen molar-refractivity contribution in [1.82, 2.24) is 0 Å². The van der Waals surface area contributed by atoms with E-state index in [1.807, 2.05) is 6.07 Å². The van der Waals surface area contributed by atoms with E-state index in [-0.39, 0.29) is 5.75 Å². The summed E-state index contributed by atoms with van der Waals surface area (Å²) < 4.78 is 33.3. The molecule has 2 aromatic rings. The molecule has 8 heteroatoms. The van der Waals surface area contributed by atoms with Crippen LogP contribution >= 0.6 is 11.3 Å². The zero-order valence-electron chi connectivity index (χ0n) is 13.1. The summed E-state index contributed by atoms with van der Waals surface area (Å²) >= 11 is 1.41. The van der Waals surface area contributed by atoms with Crippen LogP contribution in [0, 0.1) is 0 Å². The molecule has 0 radical (unpaired) electrons. The molecule has 132 valence electrons. The first kappa shape index (κ1) is 17.3. The second kappa shape index (κ2) is 7.60. The minimum Gasteiger partial charge on any atom is -0.451 e. The van der Waals surface area contributed by atoms with Crippen LogP contribution in [0.25, 0.3) is 0 Å². The first-order chi connectivity index (χ1) is 12.0. The number of benzene rings is 1. The number of anilines is 1. The average Bonchev–Trinajstić information content (AvgIpc) is 3.15. The monoisotopic (exact) mass is 367 g/mol. The number of carbonyl (C=O) groups excluding carboxylic acids is 2. The van der Waals surface area contributed by atoms with Crippen molar-refractivity contribution in [2.75, 3.05) is 11.9 Å². The lowest BCUT2D eigenvalue weighted by Crippen LogP contribution is -2.20. The molecular weight excluding hydrogens is 352 g/mol. The van der Waals surface area contributed by atoms with Crippen molar-refractivity contribution in [2.45, 2.75) is 25.9 Å². The van der Waals surface area contributed by atoms with E-state index < -0.39 is 25.1 Å². The van der Waals surface area contributed by atoms with E-state index in [9.17, 15) is 18.4 Å². The minimum absolute atomic E-state index is 0.00910. The molecular formula is C17H15F2NO4S. The molecule has 0 saturated carbocycles. The zero-order chi connectivity index (χ0) is 17.8. The van der Waals surface area contributed by atoms with Crippen LogP contribution in [0.4, 0.5) is 14.5 Å². The number of aryl methyl sites for hydroxylation is 2. The Balaban J connectivity index is 1.48. The van der Waals surface area contributed by atoms with Gasteiger partial charge in [0.25, 0.3) is 5.91 Å². The molecule has 1 aliphatic rings. The number of thiophene rings is 1. The van der Waals surface area contributed by atoms with Gasteiger partial charge in [-0.05, 0) is 55.2 Å². The summed E-state index contributed by atoms with van der Waals surface area (Å²) in [6.45, 7) is -3.32. The number of fused-ring (bicyclic) bond motifs is 1. The fourth-order valence-electron chi connectivity index (χ4n) is 2.55. The highest BCUT2D eigenvalue weighted by Crippen LogP contribution is 2.30. The van der Waals surface area contributed by atoms with E-state index in [1.165, 1.54) is 46.0 Å². The molecule has 5 nitrogen and oxygen atoms in total. The summed E-state index contributed by atoms with van der Waals surface area (Å²) in [6.07, 6.45) is 3.07. The highest BCUT2D eigenvalue weighted by atomic mass is 32.1. The zero-order valence-corrected chi connectivity index (χ0v) is 13.9. The SMILES string of the molecule is O=C(COC(=O)c1cc2c(s1)CCC2)Nc1ccc(OC(F)F)cc1. The molecule has 1 aliphatic carbocycles. The molecule has 1 aromatic carbocycles. The van der Waals surface area contributed by atoms with Gasteiger partial charge in [-0.2, -0.15) is 8.78 Å². The normalized spacial score (nSPS) is 12.8. The lowest BCUT2D eigenvalue weighted by Gasteiger charge is -2.08. The van der Waals surface area contributed by atoms with Gasteiger partial charge in [0.1, 0.15) is 10.6 Å². The third-order valence-corrected chi connectivity index (χ3v) is 4.86. The van der Waals surface area contributed by atoms with Gasteiger partial charge in [-0.15, -0.1) is 11.3 Å². The second-order valence-corrected chi connectivity index (χ2v) is 6.58. The van der Waals surface area contributed by atoms with Gasteiger partial charge in [0.2, 0.25) is 0 Å². The Labute approximate surface area is 146 Å². The van der Waals surface area contributed by atoms with E-state index >= 15 is 0 Å². The van der Waals surface area contributed by atoms with Crippen LogP contribution in [0.15, 0.2) is 30.3 Å². The van der Waals surface area contributed by atoms with Crippen molar-refractivity contribution in [3.63, 3.8) is 0 Å². The highest BCUT2D eigenvalue weighted by molar-refractivity contribution is 7.14. The third kappa shape index (κ3) is 4.54. The van der Waals surface area contributed by atoms with Gasteiger partial charge < -0.3 is 14.8 Å². The molecule has 1 heterocycles. The Bertz CT molecular complexity index is 752. The maximum Gasteiger partial charge on any atom is 0.387 e. The molecule has 3 rings (SSSR count). The molecule has 0 spiro atoms. The number of amides is 1. The first-order valence-corrected chi connectivity index (χ1v) is 8.46. The Hall–Kier alpha value is -2.48. The van der Waals surface area contributed by atoms with Crippen LogP contribution in [0.5, 0.6) is 5.75 Å². The standard InChI is InChI=1S/C17H15F2NO4S/c18-17(19)24-12-6-4-11(5-7-12)20-15(21)9-23-16(22)14-8-10-2-1-3-13(10)25-14/h4-8,17H,1-3,9H2,(H,20,21). The topological polar surface area (TPSA) is 64.6 Å². The molecule has 0 aliphatic heterocycles. The number of hydrogen-bond acceptors (Lipinski definition) is 5. The molecule has 25 heavy (non-hydrogen) atoms. The van der Waals surface area contributed by atoms with E-state index in [0.717, 1.165) is 19.3 Å². The summed E-state index contributed by atoms with van der Waals surface area (Å²) in [5, 5.41) is 2.51. The minimum atomic E-state index is -2.90. The summed E-state index contributed by atoms with van der Waals surface area (Å²) in [6, 6.07) is 7.28. The number of halogens is 2. The molecule has 0 unspecified atom stereocenters. The molecule has 0 bridgehead atoms. The number of carbonyl (C=O) groups is 2. The molecule has 1 N–H and O–H groups in total. The first-order valence-electron chi connectivity index (χ1n) is 7.64. The lowest BCUT2D eigenvalue weighted by molar-refractivity contribution is -0.119. The van der Waals surface area contributed by atoms with Crippen molar-refractivity contribution in [1.29, 1.82) is 0 Å². The van der Waals surface area contributed by atoms with Crippen LogP contribution in [-0.4, -0.2) is 25.1 Å². The average molecular weight is 367 g/mol. The second-order valence-electron chi connectivity index (χ2n) is 5.44. The fraction of sp³-hybridized carbons (Fsp3) is 0.294. The van der Waals surface area contributed by atoms with Gasteiger partial charge in [-0.3, -0.25) is 4.79 Å². The van der Waals surface area contributed by atoms with Gasteiger partial charge in [-0.1, -0.05) is 0 Å². The summed E-state index contributed by atoms with van der Waals surface area (Å²) in [5.74, 6) is -1.04. The quantitative estimate of drug-likeness (QED) is 0.792. The Morgan fingerprint density at radius 3 is 2.64 bits per heavy atom. The van der Waals surface area contributed by atoms with E-state index in [4.69, 9.17) is 4.74 Å². The van der Waals surface area contributed by atoms with Crippen molar-refractivity contribution < 1.29 is 27.8 Å². The maximum atomic E-state index is 12.1.